The van der Waals surface area contributed by atoms with Crippen molar-refractivity contribution in [1.29, 1.82) is 0 Å². The smallest absolute Gasteiger partial charge is 0.241 e. The first-order chi connectivity index (χ1) is 15.8. The highest BCUT2D eigenvalue weighted by Crippen LogP contribution is 2.44. The lowest BCUT2D eigenvalue weighted by Crippen LogP contribution is -2.39. The number of carbonyl (C=O) groups excluding carboxylic acids is 1. The number of nitrogens with one attached hydrogen (secondary N) is 1. The lowest BCUT2D eigenvalue weighted by Gasteiger charge is -2.17. The van der Waals surface area contributed by atoms with Crippen LogP contribution in [-0.2, 0) is 4.79 Å². The number of methoxy groups -OCH3 is 4. The van der Waals surface area contributed by atoms with E-state index in [0.717, 1.165) is 5.56 Å². The molecule has 9 nitrogen and oxygen atoms in total. The number of aromatic nitrogens is 1. The molecule has 1 aromatic heterocycles. The van der Waals surface area contributed by atoms with Crippen LogP contribution in [0.15, 0.2) is 41.1 Å². The van der Waals surface area contributed by atoms with Crippen LogP contribution in [0.2, 0.25) is 0 Å². The maximum Gasteiger partial charge on any atom is 0.241 e. The summed E-state index contributed by atoms with van der Waals surface area (Å²) >= 11 is 0. The van der Waals surface area contributed by atoms with Gasteiger partial charge in [0.05, 0.1) is 46.4 Å². The standard InChI is InChI=1S/C24H29N3O6/c1-13(2)21(25)24(28)27-17-9-14(7-8-18(17)29-3)16-12-26-33-22(16)15-10-19(30-4)23(32-6)20(11-15)31-5/h7-13,21H,25H2,1-6H3,(H,27,28). The molecule has 0 aliphatic carbocycles. The first kappa shape index (κ1) is 23.9. The fourth-order valence-electron chi connectivity index (χ4n) is 3.36. The minimum absolute atomic E-state index is 0.0103. The third-order valence-electron chi connectivity index (χ3n) is 5.29. The van der Waals surface area contributed by atoms with Gasteiger partial charge in [0.25, 0.3) is 0 Å². The molecule has 176 valence electrons. The summed E-state index contributed by atoms with van der Waals surface area (Å²) in [5.74, 6) is 2.14. The predicted octanol–water partition coefficient (Wildman–Crippen LogP) is 3.96. The summed E-state index contributed by atoms with van der Waals surface area (Å²) < 4.78 is 27.3. The van der Waals surface area contributed by atoms with E-state index in [0.29, 0.717) is 45.6 Å². The van der Waals surface area contributed by atoms with Crippen molar-refractivity contribution in [2.24, 2.45) is 11.7 Å². The molecule has 33 heavy (non-hydrogen) atoms. The Balaban J connectivity index is 2.06. The van der Waals surface area contributed by atoms with Gasteiger partial charge in [-0.05, 0) is 35.7 Å². The molecule has 3 aromatic rings. The van der Waals surface area contributed by atoms with E-state index in [1.54, 1.807) is 44.7 Å². The SMILES string of the molecule is COc1ccc(-c2cnoc2-c2cc(OC)c(OC)c(OC)c2)cc1NC(=O)C(N)C(C)C. The Morgan fingerprint density at radius 3 is 2.12 bits per heavy atom. The Morgan fingerprint density at radius 1 is 0.939 bits per heavy atom. The van der Waals surface area contributed by atoms with Crippen molar-refractivity contribution in [3.05, 3.63) is 36.5 Å². The molecule has 2 aromatic carbocycles. The summed E-state index contributed by atoms with van der Waals surface area (Å²) in [5, 5.41) is 6.85. The van der Waals surface area contributed by atoms with Crippen molar-refractivity contribution in [3.63, 3.8) is 0 Å². The number of nitrogens with zero attached hydrogens (tertiary/aromatic N) is 1. The molecule has 0 spiro atoms. The number of carbonyl (C=O) groups is 1. The zero-order valence-corrected chi connectivity index (χ0v) is 19.6. The lowest BCUT2D eigenvalue weighted by molar-refractivity contribution is -0.118. The largest absolute Gasteiger partial charge is 0.495 e. The fourth-order valence-corrected chi connectivity index (χ4v) is 3.36. The average Bonchev–Trinajstić information content (AvgIpc) is 3.32. The van der Waals surface area contributed by atoms with E-state index in [-0.39, 0.29) is 11.8 Å². The molecule has 9 heteroatoms. The number of hydrogen-bond donors (Lipinski definition) is 2. The zero-order chi connectivity index (χ0) is 24.1. The van der Waals surface area contributed by atoms with Crippen molar-refractivity contribution in [2.75, 3.05) is 33.8 Å². The molecule has 0 saturated heterocycles. The van der Waals surface area contributed by atoms with Crippen molar-refractivity contribution < 1.29 is 28.3 Å². The first-order valence-electron chi connectivity index (χ1n) is 10.3. The van der Waals surface area contributed by atoms with Gasteiger partial charge in [0.1, 0.15) is 5.75 Å². The summed E-state index contributed by atoms with van der Waals surface area (Å²) in [6.07, 6.45) is 1.60. The third-order valence-corrected chi connectivity index (χ3v) is 5.29. The second-order valence-electron chi connectivity index (χ2n) is 7.66. The number of amides is 1. The minimum Gasteiger partial charge on any atom is -0.495 e. The van der Waals surface area contributed by atoms with E-state index in [1.165, 1.54) is 14.2 Å². The van der Waals surface area contributed by atoms with Crippen LogP contribution in [0.25, 0.3) is 22.5 Å². The predicted molar refractivity (Wildman–Crippen MR) is 125 cm³/mol. The highest BCUT2D eigenvalue weighted by atomic mass is 16.5. The second-order valence-corrected chi connectivity index (χ2v) is 7.66. The molecule has 0 saturated carbocycles. The monoisotopic (exact) mass is 455 g/mol. The van der Waals surface area contributed by atoms with Gasteiger partial charge in [0.15, 0.2) is 17.3 Å². The van der Waals surface area contributed by atoms with Crippen LogP contribution in [-0.4, -0.2) is 45.5 Å². The molecular formula is C24H29N3O6. The van der Waals surface area contributed by atoms with Gasteiger partial charge >= 0.3 is 0 Å². The Labute approximate surface area is 192 Å². The Bertz CT molecular complexity index is 1100. The zero-order valence-electron chi connectivity index (χ0n) is 19.6. The van der Waals surface area contributed by atoms with Crippen LogP contribution in [0.4, 0.5) is 5.69 Å². The van der Waals surface area contributed by atoms with Crippen molar-refractivity contribution in [3.8, 4) is 45.4 Å². The van der Waals surface area contributed by atoms with E-state index >= 15 is 0 Å². The van der Waals surface area contributed by atoms with Gasteiger partial charge in [0, 0.05) is 11.1 Å². The van der Waals surface area contributed by atoms with E-state index < -0.39 is 6.04 Å². The van der Waals surface area contributed by atoms with Gasteiger partial charge in [-0.3, -0.25) is 4.79 Å². The van der Waals surface area contributed by atoms with Gasteiger partial charge in [-0.25, -0.2) is 0 Å². The molecule has 0 aliphatic rings. The number of anilines is 1. The van der Waals surface area contributed by atoms with E-state index in [2.05, 4.69) is 10.5 Å². The molecule has 0 radical (unpaired) electrons. The highest BCUT2D eigenvalue weighted by molar-refractivity contribution is 5.97. The fraction of sp³-hybridized carbons (Fsp3) is 0.333. The van der Waals surface area contributed by atoms with Crippen LogP contribution >= 0.6 is 0 Å². The quantitative estimate of drug-likeness (QED) is 0.498. The molecule has 1 unspecified atom stereocenters. The molecule has 1 heterocycles. The van der Waals surface area contributed by atoms with Crippen molar-refractivity contribution >= 4 is 11.6 Å². The van der Waals surface area contributed by atoms with Crippen LogP contribution < -0.4 is 30.0 Å². The van der Waals surface area contributed by atoms with Gasteiger partial charge < -0.3 is 34.5 Å². The van der Waals surface area contributed by atoms with Crippen LogP contribution in [0.1, 0.15) is 13.8 Å². The maximum atomic E-state index is 12.5. The van der Waals surface area contributed by atoms with Crippen molar-refractivity contribution in [1.82, 2.24) is 5.16 Å². The summed E-state index contributed by atoms with van der Waals surface area (Å²) in [7, 11) is 6.16. The second kappa shape index (κ2) is 10.3. The van der Waals surface area contributed by atoms with Crippen LogP contribution in [0.3, 0.4) is 0 Å². The Kier molecular flexibility index (Phi) is 7.44. The van der Waals surface area contributed by atoms with E-state index in [9.17, 15) is 4.79 Å². The molecule has 3 N–H and O–H groups in total. The van der Waals surface area contributed by atoms with E-state index in [4.69, 9.17) is 29.2 Å². The third kappa shape index (κ3) is 4.88. The van der Waals surface area contributed by atoms with Gasteiger partial charge in [0.2, 0.25) is 11.7 Å². The minimum atomic E-state index is -0.649. The summed E-state index contributed by atoms with van der Waals surface area (Å²) in [6.45, 7) is 3.78. The van der Waals surface area contributed by atoms with Gasteiger partial charge in [-0.15, -0.1) is 0 Å². The summed E-state index contributed by atoms with van der Waals surface area (Å²) in [6, 6.07) is 8.31. The highest BCUT2D eigenvalue weighted by Gasteiger charge is 2.22. The number of rotatable bonds is 9. The van der Waals surface area contributed by atoms with Crippen molar-refractivity contribution in [2.45, 2.75) is 19.9 Å². The Hall–Kier alpha value is -3.72. The molecular weight excluding hydrogens is 426 g/mol. The van der Waals surface area contributed by atoms with Crippen LogP contribution in [0.5, 0.6) is 23.0 Å². The summed E-state index contributed by atoms with van der Waals surface area (Å²) in [4.78, 5) is 12.5. The number of benzene rings is 2. The maximum absolute atomic E-state index is 12.5. The summed E-state index contributed by atoms with van der Waals surface area (Å²) in [5.41, 5.74) is 8.64. The van der Waals surface area contributed by atoms with Crippen LogP contribution in [0, 0.1) is 5.92 Å². The van der Waals surface area contributed by atoms with Gasteiger partial charge in [-0.2, -0.15) is 0 Å². The topological polar surface area (TPSA) is 118 Å². The molecule has 1 amide bonds. The Morgan fingerprint density at radius 2 is 1.58 bits per heavy atom. The normalized spacial score (nSPS) is 11.8. The van der Waals surface area contributed by atoms with Gasteiger partial charge in [-0.1, -0.05) is 25.1 Å². The number of ether oxygens (including phenoxy) is 4. The molecule has 0 fully saturated rings. The lowest BCUT2D eigenvalue weighted by atomic mass is 10.0. The molecule has 3 rings (SSSR count). The first-order valence-corrected chi connectivity index (χ1v) is 10.3. The molecule has 1 atom stereocenters. The molecule has 0 aliphatic heterocycles. The number of nitrogens with two attached hydrogens (primary N) is 1. The average molecular weight is 456 g/mol. The number of hydrogen-bond acceptors (Lipinski definition) is 8. The molecule has 0 bridgehead atoms. The van der Waals surface area contributed by atoms with E-state index in [1.807, 2.05) is 19.9 Å².